The molecule has 0 aliphatic heterocycles. The number of aliphatic hydroxyl groups is 1. The van der Waals surface area contributed by atoms with Crippen molar-refractivity contribution in [2.24, 2.45) is 23.7 Å². The molecule has 0 aromatic carbocycles. The van der Waals surface area contributed by atoms with Crippen molar-refractivity contribution in [3.05, 3.63) is 12.7 Å². The van der Waals surface area contributed by atoms with E-state index in [2.05, 4.69) is 34.3 Å². The minimum Gasteiger partial charge on any atom is -0.389 e. The van der Waals surface area contributed by atoms with Crippen LogP contribution in [-0.2, 0) is 0 Å². The summed E-state index contributed by atoms with van der Waals surface area (Å²) in [5, 5.41) is 10.9. The second-order valence-corrected chi connectivity index (χ2v) is 5.75. The summed E-state index contributed by atoms with van der Waals surface area (Å²) in [6.07, 6.45) is 5.26. The van der Waals surface area contributed by atoms with Crippen LogP contribution in [0.5, 0.6) is 0 Å². The third-order valence-corrected chi connectivity index (χ3v) is 4.23. The highest BCUT2D eigenvalue weighted by Gasteiger charge is 2.45. The summed E-state index contributed by atoms with van der Waals surface area (Å²) in [7, 11) is 0. The SMILES string of the molecule is C=C[C@@H](C)[C@]1(O)C[C@H](C)CC[C@H]1C(C)C. The summed E-state index contributed by atoms with van der Waals surface area (Å²) in [6, 6.07) is 0. The van der Waals surface area contributed by atoms with Gasteiger partial charge in [-0.1, -0.05) is 40.2 Å². The van der Waals surface area contributed by atoms with Crippen LogP contribution in [0.4, 0.5) is 0 Å². The summed E-state index contributed by atoms with van der Waals surface area (Å²) in [5.74, 6) is 1.84. The van der Waals surface area contributed by atoms with Crippen molar-refractivity contribution in [1.82, 2.24) is 0 Å². The van der Waals surface area contributed by atoms with Gasteiger partial charge in [0.15, 0.2) is 0 Å². The van der Waals surface area contributed by atoms with Crippen molar-refractivity contribution in [1.29, 1.82) is 0 Å². The van der Waals surface area contributed by atoms with Gasteiger partial charge < -0.3 is 5.11 Å². The van der Waals surface area contributed by atoms with E-state index in [1.807, 2.05) is 6.08 Å². The second kappa shape index (κ2) is 4.69. The predicted molar refractivity (Wildman–Crippen MR) is 65.7 cm³/mol. The molecule has 0 spiro atoms. The van der Waals surface area contributed by atoms with Gasteiger partial charge in [0.2, 0.25) is 0 Å². The van der Waals surface area contributed by atoms with E-state index in [4.69, 9.17) is 0 Å². The predicted octanol–water partition coefficient (Wildman–Crippen LogP) is 3.63. The molecule has 1 aliphatic rings. The minimum atomic E-state index is -0.520. The van der Waals surface area contributed by atoms with Gasteiger partial charge in [-0.3, -0.25) is 0 Å². The lowest BCUT2D eigenvalue weighted by molar-refractivity contribution is -0.105. The minimum absolute atomic E-state index is 0.202. The zero-order valence-electron chi connectivity index (χ0n) is 10.7. The second-order valence-electron chi connectivity index (χ2n) is 5.75. The Labute approximate surface area is 94.6 Å². The molecule has 0 bridgehead atoms. The van der Waals surface area contributed by atoms with Crippen molar-refractivity contribution >= 4 is 0 Å². The number of rotatable bonds is 3. The summed E-state index contributed by atoms with van der Waals surface area (Å²) in [4.78, 5) is 0. The van der Waals surface area contributed by atoms with Gasteiger partial charge in [0, 0.05) is 5.92 Å². The molecule has 0 aromatic rings. The van der Waals surface area contributed by atoms with Crippen LogP contribution in [0.25, 0.3) is 0 Å². The molecule has 0 unspecified atom stereocenters. The van der Waals surface area contributed by atoms with Crippen LogP contribution in [0, 0.1) is 23.7 Å². The number of hydrogen-bond donors (Lipinski definition) is 1. The normalized spacial score (nSPS) is 39.1. The van der Waals surface area contributed by atoms with E-state index in [1.165, 1.54) is 6.42 Å². The van der Waals surface area contributed by atoms with E-state index in [0.29, 0.717) is 17.8 Å². The first kappa shape index (κ1) is 12.8. The largest absolute Gasteiger partial charge is 0.389 e. The standard InChI is InChI=1S/C14H26O/c1-6-12(5)14(15)9-11(4)7-8-13(14)10(2)3/h6,10-13,15H,1,7-9H2,2-5H3/t11-,12-,13+,14-/m1/s1. The van der Waals surface area contributed by atoms with Crippen molar-refractivity contribution < 1.29 is 5.11 Å². The molecule has 0 amide bonds. The first-order valence-electron chi connectivity index (χ1n) is 6.26. The zero-order chi connectivity index (χ0) is 11.6. The molecule has 0 radical (unpaired) electrons. The maximum absolute atomic E-state index is 10.9. The topological polar surface area (TPSA) is 20.2 Å². The van der Waals surface area contributed by atoms with Gasteiger partial charge in [-0.05, 0) is 30.6 Å². The molecule has 1 nitrogen and oxygen atoms in total. The lowest BCUT2D eigenvalue weighted by Crippen LogP contribution is -2.49. The molecule has 1 heteroatoms. The Hall–Kier alpha value is -0.300. The van der Waals surface area contributed by atoms with Gasteiger partial charge in [0.1, 0.15) is 0 Å². The molecule has 1 rings (SSSR count). The van der Waals surface area contributed by atoms with Crippen LogP contribution < -0.4 is 0 Å². The first-order chi connectivity index (χ1) is 6.91. The molecule has 1 N–H and O–H groups in total. The van der Waals surface area contributed by atoms with E-state index in [-0.39, 0.29) is 5.92 Å². The monoisotopic (exact) mass is 210 g/mol. The molecule has 0 heterocycles. The first-order valence-corrected chi connectivity index (χ1v) is 6.26. The van der Waals surface area contributed by atoms with Crippen molar-refractivity contribution in [2.45, 2.75) is 52.6 Å². The third-order valence-electron chi connectivity index (χ3n) is 4.23. The fourth-order valence-electron chi connectivity index (χ4n) is 3.16. The molecular weight excluding hydrogens is 184 g/mol. The van der Waals surface area contributed by atoms with Gasteiger partial charge in [0.05, 0.1) is 5.60 Å². The third kappa shape index (κ3) is 2.44. The fraction of sp³-hybridized carbons (Fsp3) is 0.857. The Morgan fingerprint density at radius 2 is 1.93 bits per heavy atom. The molecule has 1 saturated carbocycles. The van der Waals surface area contributed by atoms with Crippen molar-refractivity contribution in [3.63, 3.8) is 0 Å². The van der Waals surface area contributed by atoms with Crippen LogP contribution in [0.1, 0.15) is 47.0 Å². The van der Waals surface area contributed by atoms with Crippen molar-refractivity contribution in [2.75, 3.05) is 0 Å². The Bertz CT molecular complexity index is 221. The van der Waals surface area contributed by atoms with E-state index in [9.17, 15) is 5.11 Å². The molecule has 1 fully saturated rings. The highest BCUT2D eigenvalue weighted by Crippen LogP contribution is 2.45. The van der Waals surface area contributed by atoms with Gasteiger partial charge in [-0.25, -0.2) is 0 Å². The highest BCUT2D eigenvalue weighted by atomic mass is 16.3. The Kier molecular flexibility index (Phi) is 3.99. The van der Waals surface area contributed by atoms with E-state index >= 15 is 0 Å². The zero-order valence-corrected chi connectivity index (χ0v) is 10.7. The maximum atomic E-state index is 10.9. The highest BCUT2D eigenvalue weighted by molar-refractivity contribution is 5.01. The molecular formula is C14H26O. The lowest BCUT2D eigenvalue weighted by Gasteiger charge is -2.47. The Morgan fingerprint density at radius 1 is 1.33 bits per heavy atom. The van der Waals surface area contributed by atoms with Gasteiger partial charge >= 0.3 is 0 Å². The smallest absolute Gasteiger partial charge is 0.0740 e. The van der Waals surface area contributed by atoms with Crippen LogP contribution in [0.2, 0.25) is 0 Å². The van der Waals surface area contributed by atoms with Crippen molar-refractivity contribution in [3.8, 4) is 0 Å². The quantitative estimate of drug-likeness (QED) is 0.705. The summed E-state index contributed by atoms with van der Waals surface area (Å²) in [6.45, 7) is 12.6. The molecule has 0 aromatic heterocycles. The average molecular weight is 210 g/mol. The maximum Gasteiger partial charge on any atom is 0.0740 e. The molecule has 4 atom stereocenters. The van der Waals surface area contributed by atoms with Gasteiger partial charge in [-0.15, -0.1) is 6.58 Å². The summed E-state index contributed by atoms with van der Waals surface area (Å²) >= 11 is 0. The number of hydrogen-bond acceptors (Lipinski definition) is 1. The Balaban J connectivity index is 2.90. The molecule has 15 heavy (non-hydrogen) atoms. The van der Waals surface area contributed by atoms with Crippen LogP contribution in [0.3, 0.4) is 0 Å². The molecule has 0 saturated heterocycles. The van der Waals surface area contributed by atoms with E-state index in [0.717, 1.165) is 12.8 Å². The fourth-order valence-corrected chi connectivity index (χ4v) is 3.16. The lowest BCUT2D eigenvalue weighted by atomic mass is 9.62. The van der Waals surface area contributed by atoms with Gasteiger partial charge in [0.25, 0.3) is 0 Å². The average Bonchev–Trinajstić information content (AvgIpc) is 2.15. The van der Waals surface area contributed by atoms with Crippen LogP contribution >= 0.6 is 0 Å². The molecule has 88 valence electrons. The van der Waals surface area contributed by atoms with Crippen LogP contribution in [0.15, 0.2) is 12.7 Å². The van der Waals surface area contributed by atoms with Gasteiger partial charge in [-0.2, -0.15) is 0 Å². The summed E-state index contributed by atoms with van der Waals surface area (Å²) in [5.41, 5.74) is -0.520. The summed E-state index contributed by atoms with van der Waals surface area (Å²) < 4.78 is 0. The molecule has 1 aliphatic carbocycles. The van der Waals surface area contributed by atoms with E-state index in [1.54, 1.807) is 0 Å². The Morgan fingerprint density at radius 3 is 2.40 bits per heavy atom. The van der Waals surface area contributed by atoms with Crippen LogP contribution in [-0.4, -0.2) is 10.7 Å². The van der Waals surface area contributed by atoms with E-state index < -0.39 is 5.60 Å².